The minimum absolute atomic E-state index is 0.00209. The summed E-state index contributed by atoms with van der Waals surface area (Å²) in [6.45, 7) is 4.20. The van der Waals surface area contributed by atoms with Crippen LogP contribution in [0, 0.1) is 6.92 Å². The SMILES string of the molecule is Cc1nc(C(F)(F)F)ccc1C(=O)Nc1ccc(N2CCOCC2)cn1. The summed E-state index contributed by atoms with van der Waals surface area (Å²) in [5.74, 6) is -0.248. The van der Waals surface area contributed by atoms with Crippen LogP contribution >= 0.6 is 0 Å². The van der Waals surface area contributed by atoms with E-state index in [0.29, 0.717) is 19.0 Å². The van der Waals surface area contributed by atoms with Crippen molar-refractivity contribution < 1.29 is 22.7 Å². The number of rotatable bonds is 3. The van der Waals surface area contributed by atoms with Gasteiger partial charge in [0.1, 0.15) is 11.5 Å². The molecule has 138 valence electrons. The lowest BCUT2D eigenvalue weighted by Crippen LogP contribution is -2.36. The van der Waals surface area contributed by atoms with E-state index in [4.69, 9.17) is 4.74 Å². The molecule has 0 unspecified atom stereocenters. The van der Waals surface area contributed by atoms with Crippen LogP contribution in [0.25, 0.3) is 0 Å². The van der Waals surface area contributed by atoms with E-state index >= 15 is 0 Å². The molecule has 0 saturated carbocycles. The number of anilines is 2. The molecule has 1 aliphatic rings. The van der Waals surface area contributed by atoms with E-state index in [1.807, 2.05) is 6.07 Å². The lowest BCUT2D eigenvalue weighted by molar-refractivity contribution is -0.141. The Morgan fingerprint density at radius 2 is 1.92 bits per heavy atom. The van der Waals surface area contributed by atoms with Crippen molar-refractivity contribution in [2.24, 2.45) is 0 Å². The first kappa shape index (κ1) is 18.1. The second-order valence-electron chi connectivity index (χ2n) is 5.78. The number of amides is 1. The minimum atomic E-state index is -4.54. The molecule has 9 heteroatoms. The molecule has 2 aromatic heterocycles. The van der Waals surface area contributed by atoms with Crippen LogP contribution in [0.2, 0.25) is 0 Å². The van der Waals surface area contributed by atoms with Gasteiger partial charge in [-0.2, -0.15) is 13.2 Å². The molecule has 1 N–H and O–H groups in total. The fraction of sp³-hybridized carbons (Fsp3) is 0.353. The van der Waals surface area contributed by atoms with E-state index in [9.17, 15) is 18.0 Å². The third-order valence-electron chi connectivity index (χ3n) is 3.99. The van der Waals surface area contributed by atoms with Gasteiger partial charge in [0.15, 0.2) is 0 Å². The number of aromatic nitrogens is 2. The van der Waals surface area contributed by atoms with E-state index in [0.717, 1.165) is 30.9 Å². The highest BCUT2D eigenvalue weighted by atomic mass is 19.4. The number of morpholine rings is 1. The predicted octanol–water partition coefficient (Wildman–Crippen LogP) is 2.89. The first-order valence-corrected chi connectivity index (χ1v) is 7.99. The zero-order valence-corrected chi connectivity index (χ0v) is 14.0. The Morgan fingerprint density at radius 1 is 1.19 bits per heavy atom. The van der Waals surface area contributed by atoms with Crippen LogP contribution in [-0.4, -0.2) is 42.2 Å². The molecule has 3 heterocycles. The number of hydrogen-bond donors (Lipinski definition) is 1. The fourth-order valence-corrected chi connectivity index (χ4v) is 2.61. The van der Waals surface area contributed by atoms with Crippen LogP contribution in [0.3, 0.4) is 0 Å². The summed E-state index contributed by atoms with van der Waals surface area (Å²) >= 11 is 0. The van der Waals surface area contributed by atoms with E-state index in [1.165, 1.54) is 6.92 Å². The quantitative estimate of drug-likeness (QED) is 0.905. The second kappa shape index (κ2) is 7.28. The maximum Gasteiger partial charge on any atom is 0.433 e. The molecule has 1 amide bonds. The molecule has 6 nitrogen and oxygen atoms in total. The summed E-state index contributed by atoms with van der Waals surface area (Å²) in [4.78, 5) is 22.0. The number of nitrogens with one attached hydrogen (secondary N) is 1. The van der Waals surface area contributed by atoms with Crippen molar-refractivity contribution in [3.8, 4) is 0 Å². The number of halogens is 3. The van der Waals surface area contributed by atoms with Crippen LogP contribution in [-0.2, 0) is 10.9 Å². The number of carbonyl (C=O) groups excluding carboxylic acids is 1. The number of aryl methyl sites for hydroxylation is 1. The van der Waals surface area contributed by atoms with Gasteiger partial charge in [-0.3, -0.25) is 4.79 Å². The van der Waals surface area contributed by atoms with Crippen LogP contribution < -0.4 is 10.2 Å². The smallest absolute Gasteiger partial charge is 0.378 e. The van der Waals surface area contributed by atoms with Crippen LogP contribution in [0.15, 0.2) is 30.5 Å². The molecule has 0 spiro atoms. The molecule has 0 atom stereocenters. The molecule has 26 heavy (non-hydrogen) atoms. The number of alkyl halides is 3. The topological polar surface area (TPSA) is 67.4 Å². The van der Waals surface area contributed by atoms with E-state index in [2.05, 4.69) is 20.2 Å². The average molecular weight is 366 g/mol. The lowest BCUT2D eigenvalue weighted by atomic mass is 10.1. The number of ether oxygens (including phenoxy) is 1. The molecular formula is C17H17F3N4O2. The number of pyridine rings is 2. The number of nitrogens with zero attached hydrogens (tertiary/aromatic N) is 3. The van der Waals surface area contributed by atoms with E-state index in [-0.39, 0.29) is 11.3 Å². The number of carbonyl (C=O) groups is 1. The standard InChI is InChI=1S/C17H17F3N4O2/c1-11-13(3-4-14(22-11)17(18,19)20)16(25)23-15-5-2-12(10-21-15)24-6-8-26-9-7-24/h2-5,10H,6-9H2,1H3,(H,21,23,25). The Kier molecular flexibility index (Phi) is 5.08. The van der Waals surface area contributed by atoms with Crippen molar-refractivity contribution in [3.05, 3.63) is 47.4 Å². The van der Waals surface area contributed by atoms with Crippen LogP contribution in [0.4, 0.5) is 24.7 Å². The molecule has 3 rings (SSSR count). The van der Waals surface area contributed by atoms with Gasteiger partial charge in [-0.25, -0.2) is 9.97 Å². The van der Waals surface area contributed by atoms with Gasteiger partial charge in [-0.05, 0) is 31.2 Å². The Morgan fingerprint density at radius 3 is 2.50 bits per heavy atom. The van der Waals surface area contributed by atoms with Gasteiger partial charge in [0.2, 0.25) is 0 Å². The Bertz CT molecular complexity index is 788. The lowest BCUT2D eigenvalue weighted by Gasteiger charge is -2.28. The highest BCUT2D eigenvalue weighted by Gasteiger charge is 2.33. The second-order valence-corrected chi connectivity index (χ2v) is 5.78. The van der Waals surface area contributed by atoms with Crippen molar-refractivity contribution in [1.82, 2.24) is 9.97 Å². The van der Waals surface area contributed by atoms with Gasteiger partial charge in [-0.15, -0.1) is 0 Å². The summed E-state index contributed by atoms with van der Waals surface area (Å²) in [6, 6.07) is 5.38. The molecule has 0 aliphatic carbocycles. The minimum Gasteiger partial charge on any atom is -0.378 e. The number of hydrogen-bond acceptors (Lipinski definition) is 5. The zero-order valence-electron chi connectivity index (χ0n) is 14.0. The van der Waals surface area contributed by atoms with E-state index in [1.54, 1.807) is 12.3 Å². The maximum absolute atomic E-state index is 12.7. The molecule has 1 fully saturated rings. The Hall–Kier alpha value is -2.68. The van der Waals surface area contributed by atoms with Gasteiger partial charge in [-0.1, -0.05) is 0 Å². The van der Waals surface area contributed by atoms with Crippen molar-refractivity contribution in [2.75, 3.05) is 36.5 Å². The van der Waals surface area contributed by atoms with Crippen LogP contribution in [0.5, 0.6) is 0 Å². The Balaban J connectivity index is 1.69. The van der Waals surface area contributed by atoms with Gasteiger partial charge < -0.3 is 15.0 Å². The molecule has 0 radical (unpaired) electrons. The summed E-state index contributed by atoms with van der Waals surface area (Å²) in [6.07, 6.45) is -2.91. The molecular weight excluding hydrogens is 349 g/mol. The highest BCUT2D eigenvalue weighted by Crippen LogP contribution is 2.28. The molecule has 0 bridgehead atoms. The van der Waals surface area contributed by atoms with Crippen molar-refractivity contribution >= 4 is 17.4 Å². The Labute approximate surface area is 148 Å². The van der Waals surface area contributed by atoms with Crippen molar-refractivity contribution in [2.45, 2.75) is 13.1 Å². The summed E-state index contributed by atoms with van der Waals surface area (Å²) < 4.78 is 43.3. The monoisotopic (exact) mass is 366 g/mol. The van der Waals surface area contributed by atoms with Crippen molar-refractivity contribution in [3.63, 3.8) is 0 Å². The summed E-state index contributed by atoms with van der Waals surface area (Å²) in [7, 11) is 0. The molecule has 1 saturated heterocycles. The molecule has 1 aliphatic heterocycles. The van der Waals surface area contributed by atoms with E-state index < -0.39 is 17.8 Å². The first-order chi connectivity index (χ1) is 12.3. The largest absolute Gasteiger partial charge is 0.433 e. The van der Waals surface area contributed by atoms with Gasteiger partial charge >= 0.3 is 6.18 Å². The zero-order chi connectivity index (χ0) is 18.7. The normalized spacial score (nSPS) is 15.0. The maximum atomic E-state index is 12.7. The molecule has 0 aromatic carbocycles. The van der Waals surface area contributed by atoms with Crippen molar-refractivity contribution in [1.29, 1.82) is 0 Å². The molecule has 2 aromatic rings. The predicted molar refractivity (Wildman–Crippen MR) is 89.2 cm³/mol. The summed E-state index contributed by atoms with van der Waals surface area (Å²) in [5, 5.41) is 2.57. The third-order valence-corrected chi connectivity index (χ3v) is 3.99. The third kappa shape index (κ3) is 4.10. The summed E-state index contributed by atoms with van der Waals surface area (Å²) in [5.41, 5.74) is -0.0440. The van der Waals surface area contributed by atoms with Gasteiger partial charge in [0.25, 0.3) is 5.91 Å². The highest BCUT2D eigenvalue weighted by molar-refractivity contribution is 6.04. The fourth-order valence-electron chi connectivity index (χ4n) is 2.61. The average Bonchev–Trinajstić information content (AvgIpc) is 2.62. The first-order valence-electron chi connectivity index (χ1n) is 7.99. The van der Waals surface area contributed by atoms with Crippen LogP contribution in [0.1, 0.15) is 21.7 Å². The van der Waals surface area contributed by atoms with Gasteiger partial charge in [0, 0.05) is 13.1 Å². The van der Waals surface area contributed by atoms with Gasteiger partial charge in [0.05, 0.1) is 36.4 Å².